The predicted octanol–water partition coefficient (Wildman–Crippen LogP) is 4.29. The van der Waals surface area contributed by atoms with Gasteiger partial charge in [0.05, 0.1) is 13.2 Å². The molecule has 0 bridgehead atoms. The number of unbranched alkanes of at least 4 members (excludes halogenated alkanes) is 12. The Hall–Kier alpha value is -0.270. The number of thiocarbonyl (C=S) groups is 1. The SMILES string of the molecule is CCCCCCCCCCCCCCCC(=S)O[C@@H]1CO[C@@H]([C@@H](O)CO)[C@H]1O. The lowest BCUT2D eigenvalue weighted by molar-refractivity contribution is -0.0679. The van der Waals surface area contributed by atoms with Crippen LogP contribution in [0.2, 0.25) is 0 Å². The van der Waals surface area contributed by atoms with Crippen LogP contribution in [0.15, 0.2) is 0 Å². The molecule has 0 unspecified atom stereocenters. The minimum atomic E-state index is -1.10. The van der Waals surface area contributed by atoms with Crippen LogP contribution in [-0.4, -0.2) is 58.0 Å². The highest BCUT2D eigenvalue weighted by Gasteiger charge is 2.41. The molecule has 1 rings (SSSR count). The molecule has 6 heteroatoms. The van der Waals surface area contributed by atoms with Crippen molar-refractivity contribution in [3.8, 4) is 0 Å². The van der Waals surface area contributed by atoms with Gasteiger partial charge in [0.15, 0.2) is 11.2 Å². The maximum absolute atomic E-state index is 10.1. The molecule has 0 radical (unpaired) electrons. The topological polar surface area (TPSA) is 79.2 Å². The second-order valence-corrected chi connectivity index (χ2v) is 8.51. The van der Waals surface area contributed by atoms with Crippen LogP contribution < -0.4 is 0 Å². The third kappa shape index (κ3) is 11.1. The van der Waals surface area contributed by atoms with Crippen LogP contribution >= 0.6 is 12.2 Å². The molecule has 0 aromatic heterocycles. The second kappa shape index (κ2) is 16.5. The van der Waals surface area contributed by atoms with E-state index in [1.807, 2.05) is 0 Å². The maximum Gasteiger partial charge on any atom is 0.160 e. The van der Waals surface area contributed by atoms with Gasteiger partial charge in [-0.3, -0.25) is 0 Å². The Labute approximate surface area is 176 Å². The van der Waals surface area contributed by atoms with Gasteiger partial charge in [0.25, 0.3) is 0 Å². The van der Waals surface area contributed by atoms with Gasteiger partial charge < -0.3 is 24.8 Å². The molecule has 1 fully saturated rings. The molecule has 1 saturated heterocycles. The van der Waals surface area contributed by atoms with E-state index >= 15 is 0 Å². The van der Waals surface area contributed by atoms with E-state index in [9.17, 15) is 10.2 Å². The van der Waals surface area contributed by atoms with Gasteiger partial charge in [-0.1, -0.05) is 84.0 Å². The molecule has 0 aliphatic carbocycles. The minimum Gasteiger partial charge on any atom is -0.479 e. The fraction of sp³-hybridized carbons (Fsp3) is 0.955. The average Bonchev–Trinajstić information content (AvgIpc) is 3.05. The Balaban J connectivity index is 1.92. The highest BCUT2D eigenvalue weighted by atomic mass is 32.1. The van der Waals surface area contributed by atoms with E-state index in [-0.39, 0.29) is 6.61 Å². The van der Waals surface area contributed by atoms with E-state index in [2.05, 4.69) is 6.92 Å². The Morgan fingerprint density at radius 2 is 1.46 bits per heavy atom. The molecular formula is C22H42O5S. The van der Waals surface area contributed by atoms with Gasteiger partial charge in [-0.25, -0.2) is 0 Å². The first-order valence-corrected chi connectivity index (χ1v) is 11.8. The number of aliphatic hydroxyl groups excluding tert-OH is 3. The average molecular weight is 419 g/mol. The van der Waals surface area contributed by atoms with Crippen LogP contribution in [0.1, 0.15) is 96.8 Å². The molecule has 0 spiro atoms. The summed E-state index contributed by atoms with van der Waals surface area (Å²) in [5.74, 6) is 0. The fourth-order valence-corrected chi connectivity index (χ4v) is 3.94. The molecule has 1 heterocycles. The van der Waals surface area contributed by atoms with Crippen molar-refractivity contribution in [3.05, 3.63) is 0 Å². The second-order valence-electron chi connectivity index (χ2n) is 8.06. The normalized spacial score (nSPS) is 23.1. The van der Waals surface area contributed by atoms with Gasteiger partial charge in [-0.05, 0) is 18.6 Å². The number of aliphatic hydroxyl groups is 3. The Morgan fingerprint density at radius 3 is 1.96 bits per heavy atom. The number of ether oxygens (including phenoxy) is 2. The van der Waals surface area contributed by atoms with Crippen molar-refractivity contribution in [3.63, 3.8) is 0 Å². The maximum atomic E-state index is 10.1. The predicted molar refractivity (Wildman–Crippen MR) is 117 cm³/mol. The summed E-state index contributed by atoms with van der Waals surface area (Å²) in [6.45, 7) is 2.00. The molecule has 0 saturated carbocycles. The monoisotopic (exact) mass is 418 g/mol. The summed E-state index contributed by atoms with van der Waals surface area (Å²) in [6.07, 6.45) is 14.3. The highest BCUT2D eigenvalue weighted by Crippen LogP contribution is 2.21. The van der Waals surface area contributed by atoms with Crippen LogP contribution in [0, 0.1) is 0 Å². The van der Waals surface area contributed by atoms with Crippen LogP contribution in [0.3, 0.4) is 0 Å². The van der Waals surface area contributed by atoms with Crippen LogP contribution in [-0.2, 0) is 9.47 Å². The van der Waals surface area contributed by atoms with Gasteiger partial charge in [-0.2, -0.15) is 0 Å². The lowest BCUT2D eigenvalue weighted by atomic mass is 10.0. The summed E-state index contributed by atoms with van der Waals surface area (Å²) in [4.78, 5) is 0. The fourth-order valence-electron chi connectivity index (χ4n) is 3.68. The summed E-state index contributed by atoms with van der Waals surface area (Å²) in [5, 5.41) is 29.2. The Bertz CT molecular complexity index is 393. The van der Waals surface area contributed by atoms with Gasteiger partial charge in [-0.15, -0.1) is 0 Å². The molecule has 166 valence electrons. The molecule has 0 aromatic rings. The zero-order chi connectivity index (χ0) is 20.6. The third-order valence-corrected chi connectivity index (χ3v) is 5.80. The molecule has 5 nitrogen and oxygen atoms in total. The van der Waals surface area contributed by atoms with Crippen molar-refractivity contribution in [2.45, 2.75) is 121 Å². The minimum absolute atomic E-state index is 0.182. The van der Waals surface area contributed by atoms with Crippen molar-refractivity contribution < 1.29 is 24.8 Å². The highest BCUT2D eigenvalue weighted by molar-refractivity contribution is 7.80. The molecular weight excluding hydrogens is 376 g/mol. The van der Waals surface area contributed by atoms with Crippen LogP contribution in [0.4, 0.5) is 0 Å². The molecule has 3 N–H and O–H groups in total. The van der Waals surface area contributed by atoms with Gasteiger partial charge in [0.1, 0.15) is 18.3 Å². The first-order chi connectivity index (χ1) is 13.6. The zero-order valence-electron chi connectivity index (χ0n) is 17.7. The van der Waals surface area contributed by atoms with Crippen molar-refractivity contribution in [1.82, 2.24) is 0 Å². The van der Waals surface area contributed by atoms with Gasteiger partial charge >= 0.3 is 0 Å². The number of rotatable bonds is 17. The van der Waals surface area contributed by atoms with Crippen molar-refractivity contribution >= 4 is 17.3 Å². The van der Waals surface area contributed by atoms with E-state index in [0.717, 1.165) is 12.8 Å². The van der Waals surface area contributed by atoms with Crippen molar-refractivity contribution in [1.29, 1.82) is 0 Å². The summed E-state index contributed by atoms with van der Waals surface area (Å²) < 4.78 is 10.9. The van der Waals surface area contributed by atoms with Gasteiger partial charge in [0.2, 0.25) is 0 Å². The standard InChI is InChI=1S/C22H42O5S/c1-2-3-4-5-6-7-8-9-10-11-12-13-14-15-20(28)27-19-17-26-22(21(19)25)18(24)16-23/h18-19,21-25H,2-17H2,1H3/t18-,19+,21-,22-/m0/s1. The van der Waals surface area contributed by atoms with E-state index in [4.69, 9.17) is 26.8 Å². The van der Waals surface area contributed by atoms with E-state index in [0.29, 0.717) is 11.5 Å². The van der Waals surface area contributed by atoms with E-state index in [1.165, 1.54) is 70.6 Å². The molecule has 0 aromatic carbocycles. The summed E-state index contributed by atoms with van der Waals surface area (Å²) >= 11 is 5.26. The summed E-state index contributed by atoms with van der Waals surface area (Å²) in [6, 6.07) is 0. The molecule has 1 aliphatic heterocycles. The largest absolute Gasteiger partial charge is 0.479 e. The first-order valence-electron chi connectivity index (χ1n) is 11.4. The third-order valence-electron chi connectivity index (χ3n) is 5.50. The number of hydrogen-bond donors (Lipinski definition) is 3. The molecule has 4 atom stereocenters. The van der Waals surface area contributed by atoms with Gasteiger partial charge in [0, 0.05) is 6.42 Å². The summed E-state index contributed by atoms with van der Waals surface area (Å²) in [5.41, 5.74) is 0. The summed E-state index contributed by atoms with van der Waals surface area (Å²) in [7, 11) is 0. The van der Waals surface area contributed by atoms with E-state index < -0.39 is 31.0 Å². The van der Waals surface area contributed by atoms with Crippen molar-refractivity contribution in [2.24, 2.45) is 0 Å². The van der Waals surface area contributed by atoms with Crippen LogP contribution in [0.25, 0.3) is 0 Å². The number of hydrogen-bond acceptors (Lipinski definition) is 6. The Morgan fingerprint density at radius 1 is 0.964 bits per heavy atom. The lowest BCUT2D eigenvalue weighted by Gasteiger charge is -2.21. The Kier molecular flexibility index (Phi) is 15.2. The molecule has 0 amide bonds. The van der Waals surface area contributed by atoms with Crippen molar-refractivity contribution in [2.75, 3.05) is 13.2 Å². The lowest BCUT2D eigenvalue weighted by Crippen LogP contribution is -2.41. The quantitative estimate of drug-likeness (QED) is 0.241. The molecule has 1 aliphatic rings. The zero-order valence-corrected chi connectivity index (χ0v) is 18.5. The van der Waals surface area contributed by atoms with Crippen LogP contribution in [0.5, 0.6) is 0 Å². The smallest absolute Gasteiger partial charge is 0.160 e. The first kappa shape index (κ1) is 25.8. The molecule has 28 heavy (non-hydrogen) atoms. The van der Waals surface area contributed by atoms with E-state index in [1.54, 1.807) is 0 Å².